The van der Waals surface area contributed by atoms with Gasteiger partial charge in [0.25, 0.3) is 0 Å². The number of phenols is 1. The lowest BCUT2D eigenvalue weighted by atomic mass is 10.2. The van der Waals surface area contributed by atoms with Crippen LogP contribution in [0.5, 0.6) is 11.5 Å². The van der Waals surface area contributed by atoms with E-state index in [9.17, 15) is 26.7 Å². The molecule has 6 nitrogen and oxygen atoms in total. The number of phenolic OH excluding ortho intramolecular Hbond substituents is 1. The highest BCUT2D eigenvalue weighted by molar-refractivity contribution is 7.89. The molecule has 124 valence electrons. The van der Waals surface area contributed by atoms with Gasteiger partial charge in [0.2, 0.25) is 10.0 Å². The largest absolute Gasteiger partial charge is 0.573 e. The Bertz CT molecular complexity index is 647. The first-order valence-electron chi connectivity index (χ1n) is 6.32. The minimum atomic E-state index is -5.08. The van der Waals surface area contributed by atoms with Gasteiger partial charge in [0.1, 0.15) is 5.75 Å². The van der Waals surface area contributed by atoms with Gasteiger partial charge in [-0.3, -0.25) is 0 Å². The summed E-state index contributed by atoms with van der Waals surface area (Å²) in [4.78, 5) is -0.952. The molecule has 22 heavy (non-hydrogen) atoms. The highest BCUT2D eigenvalue weighted by Crippen LogP contribution is 2.36. The summed E-state index contributed by atoms with van der Waals surface area (Å²) in [6, 6.07) is 2.24. The number of rotatable bonds is 4. The van der Waals surface area contributed by atoms with Crippen molar-refractivity contribution in [3.05, 3.63) is 18.2 Å². The van der Waals surface area contributed by atoms with Gasteiger partial charge in [-0.05, 0) is 25.5 Å². The number of aromatic hydroxyl groups is 1. The third-order valence-corrected chi connectivity index (χ3v) is 4.70. The van der Waals surface area contributed by atoms with Crippen molar-refractivity contribution in [2.45, 2.75) is 36.7 Å². The molecule has 0 unspecified atom stereocenters. The predicted molar refractivity (Wildman–Crippen MR) is 68.9 cm³/mol. The average Bonchev–Trinajstić information content (AvgIpc) is 2.71. The van der Waals surface area contributed by atoms with Crippen molar-refractivity contribution in [3.8, 4) is 11.5 Å². The monoisotopic (exact) mass is 341 g/mol. The summed E-state index contributed by atoms with van der Waals surface area (Å²) in [6.45, 7) is 1.97. The van der Waals surface area contributed by atoms with Gasteiger partial charge in [-0.2, -0.15) is 0 Å². The smallest absolute Gasteiger partial charge is 0.506 e. The van der Waals surface area contributed by atoms with Crippen LogP contribution in [0.1, 0.15) is 13.3 Å². The molecule has 1 aromatic carbocycles. The van der Waals surface area contributed by atoms with Crippen molar-refractivity contribution in [2.24, 2.45) is 0 Å². The van der Waals surface area contributed by atoms with E-state index in [2.05, 4.69) is 9.46 Å². The Morgan fingerprint density at radius 1 is 1.41 bits per heavy atom. The lowest BCUT2D eigenvalue weighted by Crippen LogP contribution is -2.39. The Balaban J connectivity index is 2.37. The molecule has 2 rings (SSSR count). The van der Waals surface area contributed by atoms with Gasteiger partial charge in [0, 0.05) is 6.61 Å². The standard InChI is InChI=1S/C12H14F3NO5S/c1-7-8(5-6-20-7)16-22(18,19)11-9(17)3-2-4-10(11)21-12(13,14)15/h2-4,7-8,16-17H,5-6H2,1H3/t7-,8-/m1/s1. The van der Waals surface area contributed by atoms with Crippen molar-refractivity contribution < 1.29 is 36.2 Å². The second-order valence-electron chi connectivity index (χ2n) is 4.74. The van der Waals surface area contributed by atoms with Gasteiger partial charge in [-0.15, -0.1) is 13.2 Å². The van der Waals surface area contributed by atoms with Gasteiger partial charge >= 0.3 is 6.36 Å². The maximum atomic E-state index is 12.4. The normalized spacial score (nSPS) is 22.7. The van der Waals surface area contributed by atoms with Crippen LogP contribution in [0.2, 0.25) is 0 Å². The van der Waals surface area contributed by atoms with Crippen LogP contribution >= 0.6 is 0 Å². The molecule has 0 bridgehead atoms. The van der Waals surface area contributed by atoms with Crippen LogP contribution in [0.25, 0.3) is 0 Å². The Kier molecular flexibility index (Phi) is 4.54. The maximum absolute atomic E-state index is 12.4. The number of sulfonamides is 1. The summed E-state index contributed by atoms with van der Waals surface area (Å²) in [6.07, 6.45) is -5.13. The first-order valence-corrected chi connectivity index (χ1v) is 7.80. The van der Waals surface area contributed by atoms with Gasteiger partial charge in [-0.25, -0.2) is 13.1 Å². The highest BCUT2D eigenvalue weighted by atomic mass is 32.2. The molecule has 2 atom stereocenters. The lowest BCUT2D eigenvalue weighted by molar-refractivity contribution is -0.275. The molecule has 0 spiro atoms. The number of hydrogen-bond acceptors (Lipinski definition) is 5. The van der Waals surface area contributed by atoms with E-state index in [-0.39, 0.29) is 0 Å². The number of halogens is 3. The van der Waals surface area contributed by atoms with Crippen molar-refractivity contribution >= 4 is 10.0 Å². The van der Waals surface area contributed by atoms with E-state index in [1.807, 2.05) is 0 Å². The van der Waals surface area contributed by atoms with Crippen LogP contribution in [-0.2, 0) is 14.8 Å². The summed E-state index contributed by atoms with van der Waals surface area (Å²) in [5.41, 5.74) is 0. The number of ether oxygens (including phenoxy) is 2. The second kappa shape index (κ2) is 5.94. The highest BCUT2D eigenvalue weighted by Gasteiger charge is 2.37. The molecule has 0 aromatic heterocycles. The summed E-state index contributed by atoms with van der Waals surface area (Å²) in [5, 5.41) is 9.67. The second-order valence-corrected chi connectivity index (χ2v) is 6.40. The first-order chi connectivity index (χ1) is 10.1. The van der Waals surface area contributed by atoms with E-state index >= 15 is 0 Å². The van der Waals surface area contributed by atoms with E-state index in [1.54, 1.807) is 6.92 Å². The van der Waals surface area contributed by atoms with E-state index in [0.29, 0.717) is 13.0 Å². The molecule has 1 fully saturated rings. The fourth-order valence-electron chi connectivity index (χ4n) is 2.12. The molecular weight excluding hydrogens is 327 g/mol. The molecule has 0 saturated carbocycles. The summed E-state index contributed by atoms with van der Waals surface area (Å²) in [7, 11) is -4.42. The molecule has 1 saturated heterocycles. The van der Waals surface area contributed by atoms with Crippen molar-refractivity contribution in [3.63, 3.8) is 0 Å². The lowest BCUT2D eigenvalue weighted by Gasteiger charge is -2.19. The van der Waals surface area contributed by atoms with Gasteiger partial charge in [0.05, 0.1) is 12.1 Å². The number of alkyl halides is 3. The van der Waals surface area contributed by atoms with Crippen LogP contribution < -0.4 is 9.46 Å². The Hall–Kier alpha value is -1.52. The Morgan fingerprint density at radius 3 is 2.64 bits per heavy atom. The average molecular weight is 341 g/mol. The van der Waals surface area contributed by atoms with Crippen LogP contribution in [-0.4, -0.2) is 38.6 Å². The van der Waals surface area contributed by atoms with Crippen LogP contribution in [0.15, 0.2) is 23.1 Å². The molecule has 10 heteroatoms. The predicted octanol–water partition coefficient (Wildman–Crippen LogP) is 1.75. The third-order valence-electron chi connectivity index (χ3n) is 3.14. The van der Waals surface area contributed by atoms with Crippen LogP contribution in [0.3, 0.4) is 0 Å². The quantitative estimate of drug-likeness (QED) is 0.871. The van der Waals surface area contributed by atoms with Gasteiger partial charge in [-0.1, -0.05) is 6.07 Å². The first kappa shape index (κ1) is 16.8. The molecule has 0 radical (unpaired) electrons. The molecular formula is C12H14F3NO5S. The number of benzene rings is 1. The minimum absolute atomic E-state index is 0.334. The van der Waals surface area contributed by atoms with Gasteiger partial charge < -0.3 is 14.6 Å². The molecule has 1 aliphatic heterocycles. The van der Waals surface area contributed by atoms with Crippen molar-refractivity contribution in [1.82, 2.24) is 4.72 Å². The fourth-order valence-corrected chi connectivity index (χ4v) is 3.67. The van der Waals surface area contributed by atoms with Gasteiger partial charge in [0.15, 0.2) is 10.6 Å². The molecule has 1 heterocycles. The Labute approximate surface area is 124 Å². The zero-order valence-electron chi connectivity index (χ0n) is 11.4. The SMILES string of the molecule is C[C@H]1OCC[C@H]1NS(=O)(=O)c1c(O)cccc1OC(F)(F)F. The fraction of sp³-hybridized carbons (Fsp3) is 0.500. The topological polar surface area (TPSA) is 84.9 Å². The molecule has 1 aliphatic rings. The van der Waals surface area contributed by atoms with Crippen LogP contribution in [0, 0.1) is 0 Å². The van der Waals surface area contributed by atoms with Crippen molar-refractivity contribution in [2.75, 3.05) is 6.61 Å². The molecule has 0 aliphatic carbocycles. The summed E-state index contributed by atoms with van der Waals surface area (Å²) < 4.78 is 72.8. The Morgan fingerprint density at radius 2 is 2.09 bits per heavy atom. The maximum Gasteiger partial charge on any atom is 0.573 e. The summed E-state index contributed by atoms with van der Waals surface area (Å²) in [5.74, 6) is -1.83. The third kappa shape index (κ3) is 3.81. The van der Waals surface area contributed by atoms with E-state index in [0.717, 1.165) is 18.2 Å². The molecule has 1 aromatic rings. The molecule has 0 amide bonds. The van der Waals surface area contributed by atoms with Crippen molar-refractivity contribution in [1.29, 1.82) is 0 Å². The zero-order chi connectivity index (χ0) is 16.5. The van der Waals surface area contributed by atoms with E-state index in [1.165, 1.54) is 0 Å². The number of hydrogen-bond donors (Lipinski definition) is 2. The molecule has 2 N–H and O–H groups in total. The number of nitrogens with one attached hydrogen (secondary N) is 1. The minimum Gasteiger partial charge on any atom is -0.506 e. The van der Waals surface area contributed by atoms with E-state index in [4.69, 9.17) is 4.74 Å². The summed E-state index contributed by atoms with van der Waals surface area (Å²) >= 11 is 0. The van der Waals surface area contributed by atoms with E-state index < -0.39 is 44.9 Å². The zero-order valence-corrected chi connectivity index (χ0v) is 12.2. The van der Waals surface area contributed by atoms with Crippen LogP contribution in [0.4, 0.5) is 13.2 Å².